The molecule has 1 heterocycles. The molecule has 0 atom stereocenters. The molecule has 1 N–H and O–H groups in total. The second-order valence-corrected chi connectivity index (χ2v) is 4.89. The zero-order chi connectivity index (χ0) is 15.2. The number of nitrogens with zero attached hydrogens (tertiary/aromatic N) is 2. The highest BCUT2D eigenvalue weighted by Crippen LogP contribution is 2.30. The maximum atomic E-state index is 10.4. The number of carboxylic acids is 1. The van der Waals surface area contributed by atoms with E-state index in [-0.39, 0.29) is 6.42 Å². The molecule has 6 nitrogen and oxygen atoms in total. The zero-order valence-corrected chi connectivity index (χ0v) is 12.3. The van der Waals surface area contributed by atoms with E-state index >= 15 is 0 Å². The molecule has 2 rings (SSSR count). The second kappa shape index (κ2) is 7.08. The number of aromatic nitrogens is 2. The third-order valence-electron chi connectivity index (χ3n) is 2.90. The minimum absolute atomic E-state index is 0.145. The SMILES string of the molecule is COc1cc(Cl)ccc1-c1noc(CCCCC(=O)O)n1. The predicted molar refractivity (Wildman–Crippen MR) is 76.5 cm³/mol. The summed E-state index contributed by atoms with van der Waals surface area (Å²) in [6.07, 6.45) is 1.96. The number of benzene rings is 1. The van der Waals surface area contributed by atoms with Crippen molar-refractivity contribution >= 4 is 17.6 Å². The van der Waals surface area contributed by atoms with E-state index < -0.39 is 5.97 Å². The van der Waals surface area contributed by atoms with Gasteiger partial charge in [0.1, 0.15) is 5.75 Å². The zero-order valence-electron chi connectivity index (χ0n) is 11.5. The van der Waals surface area contributed by atoms with Gasteiger partial charge in [0, 0.05) is 17.9 Å². The fourth-order valence-corrected chi connectivity index (χ4v) is 2.03. The monoisotopic (exact) mass is 310 g/mol. The van der Waals surface area contributed by atoms with Gasteiger partial charge in [-0.3, -0.25) is 4.79 Å². The Balaban J connectivity index is 2.04. The first-order chi connectivity index (χ1) is 10.1. The number of ether oxygens (including phenoxy) is 1. The Morgan fingerprint density at radius 2 is 2.24 bits per heavy atom. The molecule has 21 heavy (non-hydrogen) atoms. The number of hydrogen-bond acceptors (Lipinski definition) is 5. The van der Waals surface area contributed by atoms with Gasteiger partial charge in [-0.1, -0.05) is 16.8 Å². The van der Waals surface area contributed by atoms with E-state index in [1.807, 2.05) is 0 Å². The Morgan fingerprint density at radius 1 is 1.43 bits per heavy atom. The van der Waals surface area contributed by atoms with Crippen molar-refractivity contribution in [3.63, 3.8) is 0 Å². The first-order valence-corrected chi connectivity index (χ1v) is 6.86. The fourth-order valence-electron chi connectivity index (χ4n) is 1.87. The van der Waals surface area contributed by atoms with Crippen LogP contribution in [0.4, 0.5) is 0 Å². The van der Waals surface area contributed by atoms with Crippen LogP contribution < -0.4 is 4.74 Å². The fraction of sp³-hybridized carbons (Fsp3) is 0.357. The molecule has 2 aromatic rings. The minimum atomic E-state index is -0.799. The normalized spacial score (nSPS) is 10.6. The molecule has 7 heteroatoms. The predicted octanol–water partition coefficient (Wildman–Crippen LogP) is 3.20. The van der Waals surface area contributed by atoms with Crippen LogP contribution in [-0.4, -0.2) is 28.3 Å². The molecule has 0 radical (unpaired) electrons. The molecule has 112 valence electrons. The quantitative estimate of drug-likeness (QED) is 0.790. The van der Waals surface area contributed by atoms with E-state index in [1.54, 1.807) is 25.3 Å². The molecule has 0 aliphatic heterocycles. The number of methoxy groups -OCH3 is 1. The molecule has 1 aromatic heterocycles. The number of hydrogen-bond donors (Lipinski definition) is 1. The second-order valence-electron chi connectivity index (χ2n) is 4.46. The van der Waals surface area contributed by atoms with Crippen molar-refractivity contribution in [2.75, 3.05) is 7.11 Å². The summed E-state index contributed by atoms with van der Waals surface area (Å²) in [5, 5.41) is 13.0. The molecule has 0 aliphatic rings. The number of carbonyl (C=O) groups is 1. The first-order valence-electron chi connectivity index (χ1n) is 6.48. The van der Waals surface area contributed by atoms with Crippen LogP contribution in [0.25, 0.3) is 11.4 Å². The van der Waals surface area contributed by atoms with Crippen LogP contribution in [0, 0.1) is 0 Å². The summed E-state index contributed by atoms with van der Waals surface area (Å²) in [6, 6.07) is 5.17. The van der Waals surface area contributed by atoms with Gasteiger partial charge in [-0.05, 0) is 31.0 Å². The van der Waals surface area contributed by atoms with Crippen LogP contribution in [0.3, 0.4) is 0 Å². The smallest absolute Gasteiger partial charge is 0.303 e. The summed E-state index contributed by atoms with van der Waals surface area (Å²) in [7, 11) is 1.54. The van der Waals surface area contributed by atoms with Crippen molar-refractivity contribution < 1.29 is 19.2 Å². The van der Waals surface area contributed by atoms with Crippen molar-refractivity contribution in [3.05, 3.63) is 29.1 Å². The highest BCUT2D eigenvalue weighted by Gasteiger charge is 2.13. The summed E-state index contributed by atoms with van der Waals surface area (Å²) in [6.45, 7) is 0. The van der Waals surface area contributed by atoms with Gasteiger partial charge in [0.05, 0.1) is 12.7 Å². The third-order valence-corrected chi connectivity index (χ3v) is 3.14. The third kappa shape index (κ3) is 4.19. The molecule has 0 unspecified atom stereocenters. The lowest BCUT2D eigenvalue weighted by Gasteiger charge is -2.04. The van der Waals surface area contributed by atoms with Crippen LogP contribution in [0.15, 0.2) is 22.7 Å². The number of carboxylic acid groups (broad SMARTS) is 1. The standard InChI is InChI=1S/C14H15ClN2O4/c1-20-11-8-9(15)6-7-10(11)14-16-12(21-17-14)4-2-3-5-13(18)19/h6-8H,2-5H2,1H3,(H,18,19). The van der Waals surface area contributed by atoms with Gasteiger partial charge in [0.25, 0.3) is 0 Å². The lowest BCUT2D eigenvalue weighted by atomic mass is 10.2. The Hall–Kier alpha value is -2.08. The average molecular weight is 311 g/mol. The number of aliphatic carboxylic acids is 1. The van der Waals surface area contributed by atoms with E-state index in [1.165, 1.54) is 0 Å². The Kier molecular flexibility index (Phi) is 5.16. The lowest BCUT2D eigenvalue weighted by molar-refractivity contribution is -0.137. The number of rotatable bonds is 7. The van der Waals surface area contributed by atoms with Gasteiger partial charge >= 0.3 is 5.97 Å². The van der Waals surface area contributed by atoms with Crippen LogP contribution in [0.1, 0.15) is 25.2 Å². The molecule has 0 saturated carbocycles. The van der Waals surface area contributed by atoms with Gasteiger partial charge < -0.3 is 14.4 Å². The van der Waals surface area contributed by atoms with E-state index in [0.717, 1.165) is 0 Å². The summed E-state index contributed by atoms with van der Waals surface area (Å²) >= 11 is 5.91. The van der Waals surface area contributed by atoms with E-state index in [0.29, 0.717) is 47.3 Å². The Labute approximate surface area is 126 Å². The Bertz CT molecular complexity index is 627. The molecule has 0 amide bonds. The molecule has 1 aromatic carbocycles. The number of unbranched alkanes of at least 4 members (excludes halogenated alkanes) is 1. The van der Waals surface area contributed by atoms with E-state index in [2.05, 4.69) is 10.1 Å². The maximum absolute atomic E-state index is 10.4. The maximum Gasteiger partial charge on any atom is 0.303 e. The van der Waals surface area contributed by atoms with Gasteiger partial charge in [0.2, 0.25) is 11.7 Å². The lowest BCUT2D eigenvalue weighted by Crippen LogP contribution is -1.95. The summed E-state index contributed by atoms with van der Waals surface area (Å²) in [4.78, 5) is 14.7. The molecule has 0 aliphatic carbocycles. The van der Waals surface area contributed by atoms with Crippen LogP contribution in [0.2, 0.25) is 5.02 Å². The van der Waals surface area contributed by atoms with Gasteiger partial charge in [-0.15, -0.1) is 0 Å². The van der Waals surface area contributed by atoms with Crippen LogP contribution in [-0.2, 0) is 11.2 Å². The summed E-state index contributed by atoms with van der Waals surface area (Å²) in [5.74, 6) is 0.678. The molecule has 0 fully saturated rings. The molecular weight excluding hydrogens is 296 g/mol. The summed E-state index contributed by atoms with van der Waals surface area (Å²) < 4.78 is 10.4. The highest BCUT2D eigenvalue weighted by atomic mass is 35.5. The van der Waals surface area contributed by atoms with Crippen molar-refractivity contribution in [1.29, 1.82) is 0 Å². The van der Waals surface area contributed by atoms with Crippen LogP contribution in [0.5, 0.6) is 5.75 Å². The number of halogens is 1. The van der Waals surface area contributed by atoms with Gasteiger partial charge in [-0.2, -0.15) is 4.98 Å². The largest absolute Gasteiger partial charge is 0.496 e. The first kappa shape index (κ1) is 15.3. The Morgan fingerprint density at radius 3 is 2.95 bits per heavy atom. The van der Waals surface area contributed by atoms with Crippen molar-refractivity contribution in [1.82, 2.24) is 10.1 Å². The van der Waals surface area contributed by atoms with Crippen LogP contribution >= 0.6 is 11.6 Å². The van der Waals surface area contributed by atoms with Crippen molar-refractivity contribution in [3.8, 4) is 17.1 Å². The van der Waals surface area contributed by atoms with Gasteiger partial charge in [-0.25, -0.2) is 0 Å². The average Bonchev–Trinajstić information content (AvgIpc) is 2.92. The molecule has 0 bridgehead atoms. The topological polar surface area (TPSA) is 85.5 Å². The molecule has 0 spiro atoms. The van der Waals surface area contributed by atoms with E-state index in [9.17, 15) is 4.79 Å². The number of aryl methyl sites for hydroxylation is 1. The molecule has 0 saturated heterocycles. The van der Waals surface area contributed by atoms with E-state index in [4.69, 9.17) is 26.0 Å². The van der Waals surface area contributed by atoms with Crippen molar-refractivity contribution in [2.45, 2.75) is 25.7 Å². The molecular formula is C14H15ClN2O4. The van der Waals surface area contributed by atoms with Crippen molar-refractivity contribution in [2.24, 2.45) is 0 Å². The summed E-state index contributed by atoms with van der Waals surface area (Å²) in [5.41, 5.74) is 0.697. The van der Waals surface area contributed by atoms with Gasteiger partial charge in [0.15, 0.2) is 0 Å². The highest BCUT2D eigenvalue weighted by molar-refractivity contribution is 6.30. The minimum Gasteiger partial charge on any atom is -0.496 e.